The van der Waals surface area contributed by atoms with Crippen LogP contribution in [0.5, 0.6) is 0 Å². The third kappa shape index (κ3) is 2.64. The zero-order valence-electron chi connectivity index (χ0n) is 10.2. The maximum absolute atomic E-state index is 5.38. The van der Waals surface area contributed by atoms with Crippen molar-refractivity contribution >= 4 is 39.2 Å². The number of H-pyrrole nitrogens is 1. The maximum atomic E-state index is 5.38. The van der Waals surface area contributed by atoms with Crippen molar-refractivity contribution < 1.29 is 0 Å². The predicted octanol–water partition coefficient (Wildman–Crippen LogP) is 3.75. The van der Waals surface area contributed by atoms with Gasteiger partial charge in [-0.05, 0) is 42.9 Å². The molecule has 0 spiro atoms. The van der Waals surface area contributed by atoms with Gasteiger partial charge in [0.2, 0.25) is 0 Å². The third-order valence-corrected chi connectivity index (χ3v) is 3.88. The first-order chi connectivity index (χ1) is 9.24. The van der Waals surface area contributed by atoms with E-state index in [4.69, 9.17) is 12.2 Å². The van der Waals surface area contributed by atoms with Gasteiger partial charge in [0.1, 0.15) is 0 Å². The lowest BCUT2D eigenvalue weighted by Gasteiger charge is -2.05. The van der Waals surface area contributed by atoms with Crippen molar-refractivity contribution in [2.45, 2.75) is 19.5 Å². The Morgan fingerprint density at radius 2 is 2.21 bits per heavy atom. The van der Waals surface area contributed by atoms with Crippen LogP contribution in [0.25, 0.3) is 11.0 Å². The van der Waals surface area contributed by atoms with Gasteiger partial charge < -0.3 is 9.55 Å². The fourth-order valence-corrected chi connectivity index (χ4v) is 2.84. The Hall–Kier alpha value is -1.40. The number of imidazole rings is 1. The molecule has 1 N–H and O–H groups in total. The molecule has 0 fully saturated rings. The molecule has 0 radical (unpaired) electrons. The van der Waals surface area contributed by atoms with Crippen molar-refractivity contribution in [1.29, 1.82) is 0 Å². The molecule has 3 aromatic rings. The van der Waals surface area contributed by atoms with E-state index in [1.165, 1.54) is 0 Å². The molecule has 0 bridgehead atoms. The second kappa shape index (κ2) is 5.30. The summed E-state index contributed by atoms with van der Waals surface area (Å²) in [5, 5.41) is 4.20. The van der Waals surface area contributed by atoms with Gasteiger partial charge in [-0.25, -0.2) is 0 Å². The number of aromatic amines is 1. The zero-order valence-corrected chi connectivity index (χ0v) is 12.6. The lowest BCUT2D eigenvalue weighted by Crippen LogP contribution is -2.04. The molecule has 2 aromatic heterocycles. The second-order valence-electron chi connectivity index (χ2n) is 4.37. The van der Waals surface area contributed by atoms with Crippen LogP contribution < -0.4 is 0 Å². The van der Waals surface area contributed by atoms with Crippen molar-refractivity contribution in [2.24, 2.45) is 0 Å². The van der Waals surface area contributed by atoms with Gasteiger partial charge in [0.05, 0.1) is 11.0 Å². The Kier molecular flexibility index (Phi) is 3.52. The lowest BCUT2D eigenvalue weighted by atomic mass is 10.3. The van der Waals surface area contributed by atoms with Crippen molar-refractivity contribution in [3.8, 4) is 0 Å². The topological polar surface area (TPSA) is 38.5 Å². The number of benzene rings is 1. The normalized spacial score (nSPS) is 11.2. The fraction of sp³-hybridized carbons (Fsp3) is 0.231. The molecule has 0 saturated carbocycles. The van der Waals surface area contributed by atoms with Gasteiger partial charge in [-0.1, -0.05) is 15.9 Å². The largest absolute Gasteiger partial charge is 0.331 e. The Morgan fingerprint density at radius 3 is 3.00 bits per heavy atom. The Labute approximate surface area is 124 Å². The summed E-state index contributed by atoms with van der Waals surface area (Å²) >= 11 is 8.85. The number of hydrogen-bond acceptors (Lipinski definition) is 2. The summed E-state index contributed by atoms with van der Waals surface area (Å²) < 4.78 is 5.91. The summed E-state index contributed by atoms with van der Waals surface area (Å²) in [6.07, 6.45) is 4.78. The molecular formula is C13H13BrN4S. The monoisotopic (exact) mass is 336 g/mol. The first-order valence-corrected chi connectivity index (χ1v) is 7.30. The number of nitrogens with zero attached hydrogens (tertiary/aromatic N) is 3. The van der Waals surface area contributed by atoms with Gasteiger partial charge in [-0.15, -0.1) is 0 Å². The van der Waals surface area contributed by atoms with Gasteiger partial charge >= 0.3 is 0 Å². The fourth-order valence-electron chi connectivity index (χ4n) is 2.18. The maximum Gasteiger partial charge on any atom is 0.178 e. The molecule has 0 aliphatic rings. The van der Waals surface area contributed by atoms with E-state index in [0.717, 1.165) is 39.8 Å². The van der Waals surface area contributed by atoms with Gasteiger partial charge in [-0.2, -0.15) is 5.10 Å². The van der Waals surface area contributed by atoms with E-state index >= 15 is 0 Å². The molecule has 6 heteroatoms. The SMILES string of the molecule is S=c1[nH]c2cc(Br)ccc2n1CCCn1cccn1. The van der Waals surface area contributed by atoms with E-state index in [1.807, 2.05) is 23.0 Å². The molecule has 2 heterocycles. The van der Waals surface area contributed by atoms with Crippen LogP contribution in [0.15, 0.2) is 41.1 Å². The van der Waals surface area contributed by atoms with Crippen molar-refractivity contribution in [1.82, 2.24) is 19.3 Å². The zero-order chi connectivity index (χ0) is 13.2. The van der Waals surface area contributed by atoms with E-state index < -0.39 is 0 Å². The molecular weight excluding hydrogens is 324 g/mol. The van der Waals surface area contributed by atoms with Crippen LogP contribution >= 0.6 is 28.1 Å². The van der Waals surface area contributed by atoms with E-state index in [2.05, 4.69) is 42.7 Å². The van der Waals surface area contributed by atoms with Gasteiger partial charge in [0, 0.05) is 30.0 Å². The minimum Gasteiger partial charge on any atom is -0.331 e. The minimum atomic E-state index is 0.772. The van der Waals surface area contributed by atoms with Crippen molar-refractivity contribution in [2.75, 3.05) is 0 Å². The molecule has 0 aliphatic heterocycles. The molecule has 0 aliphatic carbocycles. The highest BCUT2D eigenvalue weighted by molar-refractivity contribution is 9.10. The number of aromatic nitrogens is 4. The summed E-state index contributed by atoms with van der Waals surface area (Å²) in [4.78, 5) is 3.24. The van der Waals surface area contributed by atoms with E-state index in [-0.39, 0.29) is 0 Å². The van der Waals surface area contributed by atoms with E-state index in [0.29, 0.717) is 0 Å². The Morgan fingerprint density at radius 1 is 1.32 bits per heavy atom. The molecule has 1 aromatic carbocycles. The number of nitrogens with one attached hydrogen (secondary N) is 1. The molecule has 3 rings (SSSR count). The number of aryl methyl sites for hydroxylation is 2. The standard InChI is InChI=1S/C13H13BrN4S/c14-10-3-4-12-11(9-10)16-13(19)18(12)8-2-7-17-6-1-5-15-17/h1,3-6,9H,2,7-8H2,(H,16,19). The van der Waals surface area contributed by atoms with Gasteiger partial charge in [-0.3, -0.25) is 4.68 Å². The van der Waals surface area contributed by atoms with E-state index in [1.54, 1.807) is 6.20 Å². The molecule has 19 heavy (non-hydrogen) atoms. The summed E-state index contributed by atoms with van der Waals surface area (Å²) in [5.74, 6) is 0. The summed E-state index contributed by atoms with van der Waals surface area (Å²) in [5.41, 5.74) is 2.21. The number of fused-ring (bicyclic) bond motifs is 1. The Balaban J connectivity index is 1.80. The van der Waals surface area contributed by atoms with Crippen LogP contribution in [0.2, 0.25) is 0 Å². The number of rotatable bonds is 4. The highest BCUT2D eigenvalue weighted by Gasteiger charge is 2.04. The van der Waals surface area contributed by atoms with Crippen LogP contribution in [0, 0.1) is 4.77 Å². The van der Waals surface area contributed by atoms with E-state index in [9.17, 15) is 0 Å². The highest BCUT2D eigenvalue weighted by Crippen LogP contribution is 2.19. The molecule has 0 atom stereocenters. The number of hydrogen-bond donors (Lipinski definition) is 1. The molecule has 0 amide bonds. The minimum absolute atomic E-state index is 0.772. The average Bonchev–Trinajstić information content (AvgIpc) is 2.98. The van der Waals surface area contributed by atoms with Gasteiger partial charge in [0.15, 0.2) is 4.77 Å². The first-order valence-electron chi connectivity index (χ1n) is 6.09. The Bertz CT molecular complexity index is 742. The summed E-state index contributed by atoms with van der Waals surface area (Å²) in [6, 6.07) is 8.11. The van der Waals surface area contributed by atoms with Gasteiger partial charge in [0.25, 0.3) is 0 Å². The first kappa shape index (κ1) is 12.6. The molecule has 0 unspecified atom stereocenters. The second-order valence-corrected chi connectivity index (χ2v) is 5.67. The third-order valence-electron chi connectivity index (χ3n) is 3.06. The average molecular weight is 337 g/mol. The van der Waals surface area contributed by atoms with Crippen LogP contribution in [-0.4, -0.2) is 19.3 Å². The number of halogens is 1. The van der Waals surface area contributed by atoms with Crippen LogP contribution in [0.4, 0.5) is 0 Å². The summed E-state index contributed by atoms with van der Waals surface area (Å²) in [6.45, 7) is 1.79. The van der Waals surface area contributed by atoms with Crippen molar-refractivity contribution in [3.63, 3.8) is 0 Å². The smallest absolute Gasteiger partial charge is 0.178 e. The quantitative estimate of drug-likeness (QED) is 0.737. The molecule has 0 saturated heterocycles. The summed E-state index contributed by atoms with van der Waals surface area (Å²) in [7, 11) is 0. The van der Waals surface area contributed by atoms with Crippen molar-refractivity contribution in [3.05, 3.63) is 45.9 Å². The highest BCUT2D eigenvalue weighted by atomic mass is 79.9. The van der Waals surface area contributed by atoms with Crippen LogP contribution in [-0.2, 0) is 13.1 Å². The van der Waals surface area contributed by atoms with Crippen LogP contribution in [0.1, 0.15) is 6.42 Å². The van der Waals surface area contributed by atoms with Crippen LogP contribution in [0.3, 0.4) is 0 Å². The lowest BCUT2D eigenvalue weighted by molar-refractivity contribution is 0.530. The molecule has 4 nitrogen and oxygen atoms in total. The molecule has 98 valence electrons. The predicted molar refractivity (Wildman–Crippen MR) is 81.7 cm³/mol.